The van der Waals surface area contributed by atoms with Gasteiger partial charge in [-0.1, -0.05) is 22.0 Å². The van der Waals surface area contributed by atoms with Gasteiger partial charge in [0.05, 0.1) is 13.1 Å². The van der Waals surface area contributed by atoms with Crippen LogP contribution in [0.2, 0.25) is 0 Å². The molecule has 0 bridgehead atoms. The lowest BCUT2D eigenvalue weighted by molar-refractivity contribution is -0.121. The Morgan fingerprint density at radius 3 is 2.52 bits per heavy atom. The maximum atomic E-state index is 11.9. The molecular weight excluding hydrogens is 356 g/mol. The quantitative estimate of drug-likeness (QED) is 0.541. The predicted octanol–water partition coefficient (Wildman–Crippen LogP) is 2.73. The van der Waals surface area contributed by atoms with Crippen LogP contribution in [0.5, 0.6) is 0 Å². The minimum atomic E-state index is -0.233. The van der Waals surface area contributed by atoms with Gasteiger partial charge in [-0.3, -0.25) is 4.79 Å². The largest absolute Gasteiger partial charge is 0.357 e. The van der Waals surface area contributed by atoms with Crippen LogP contribution in [-0.2, 0) is 11.3 Å². The van der Waals surface area contributed by atoms with Gasteiger partial charge in [-0.05, 0) is 57.9 Å². The molecule has 1 amide bonds. The molecule has 128 valence electrons. The predicted molar refractivity (Wildman–Crippen MR) is 99.6 cm³/mol. The first-order valence-electron chi connectivity index (χ1n) is 7.79. The molecule has 0 aliphatic rings. The van der Waals surface area contributed by atoms with Crippen LogP contribution in [0.4, 0.5) is 0 Å². The summed E-state index contributed by atoms with van der Waals surface area (Å²) in [6.07, 6.45) is 0. The van der Waals surface area contributed by atoms with E-state index >= 15 is 0 Å². The van der Waals surface area contributed by atoms with Crippen LogP contribution in [-0.4, -0.2) is 30.5 Å². The number of benzene rings is 1. The van der Waals surface area contributed by atoms with Gasteiger partial charge in [0.25, 0.3) is 0 Å². The zero-order valence-electron chi connectivity index (χ0n) is 14.6. The van der Waals surface area contributed by atoms with Gasteiger partial charge in [0.2, 0.25) is 5.91 Å². The molecule has 0 radical (unpaired) electrons. The summed E-state index contributed by atoms with van der Waals surface area (Å²) < 4.78 is 1.06. The Kier molecular flexibility index (Phi) is 7.55. The van der Waals surface area contributed by atoms with E-state index in [4.69, 9.17) is 0 Å². The summed E-state index contributed by atoms with van der Waals surface area (Å²) >= 11 is 3.46. The first-order valence-corrected chi connectivity index (χ1v) is 8.59. The van der Waals surface area contributed by atoms with Crippen LogP contribution in [0.25, 0.3) is 0 Å². The second-order valence-electron chi connectivity index (χ2n) is 6.42. The Balaban J connectivity index is 2.64. The molecule has 1 aromatic rings. The van der Waals surface area contributed by atoms with Crippen molar-refractivity contribution >= 4 is 27.8 Å². The minimum Gasteiger partial charge on any atom is -0.357 e. The highest BCUT2D eigenvalue weighted by molar-refractivity contribution is 9.10. The summed E-state index contributed by atoms with van der Waals surface area (Å²) in [5.74, 6) is 0.585. The standard InChI is InChI=1S/C17H27BrN4O/c1-6-19-16(21-11-15(23)22-17(3,4)5)20-10-13-7-8-14(18)9-12(13)2/h7-9H,6,10-11H2,1-5H3,(H,22,23)(H2,19,20,21). The van der Waals surface area contributed by atoms with Gasteiger partial charge >= 0.3 is 0 Å². The number of carbonyl (C=O) groups is 1. The number of amides is 1. The highest BCUT2D eigenvalue weighted by Gasteiger charge is 2.13. The molecule has 0 saturated heterocycles. The van der Waals surface area contributed by atoms with E-state index in [9.17, 15) is 4.79 Å². The third kappa shape index (κ3) is 8.02. The van der Waals surface area contributed by atoms with Crippen molar-refractivity contribution in [3.63, 3.8) is 0 Å². The molecule has 0 aliphatic heterocycles. The number of halogens is 1. The number of guanidine groups is 1. The van der Waals surface area contributed by atoms with Crippen molar-refractivity contribution in [1.82, 2.24) is 16.0 Å². The first-order chi connectivity index (χ1) is 10.7. The molecule has 23 heavy (non-hydrogen) atoms. The topological polar surface area (TPSA) is 65.5 Å². The average Bonchev–Trinajstić information content (AvgIpc) is 2.41. The van der Waals surface area contributed by atoms with Gasteiger partial charge < -0.3 is 16.0 Å². The lowest BCUT2D eigenvalue weighted by atomic mass is 10.1. The number of hydrogen-bond donors (Lipinski definition) is 3. The third-order valence-electron chi connectivity index (χ3n) is 2.99. The second-order valence-corrected chi connectivity index (χ2v) is 7.33. The maximum absolute atomic E-state index is 11.9. The van der Waals surface area contributed by atoms with Gasteiger partial charge in [0, 0.05) is 16.6 Å². The molecule has 0 saturated carbocycles. The number of nitrogens with zero attached hydrogens (tertiary/aromatic N) is 1. The van der Waals surface area contributed by atoms with Crippen LogP contribution < -0.4 is 16.0 Å². The van der Waals surface area contributed by atoms with E-state index in [2.05, 4.69) is 55.9 Å². The van der Waals surface area contributed by atoms with Gasteiger partial charge in [-0.25, -0.2) is 4.99 Å². The van der Waals surface area contributed by atoms with Crippen molar-refractivity contribution in [3.05, 3.63) is 33.8 Å². The van der Waals surface area contributed by atoms with Gasteiger partial charge in [-0.2, -0.15) is 0 Å². The van der Waals surface area contributed by atoms with Crippen LogP contribution in [0.15, 0.2) is 27.7 Å². The van der Waals surface area contributed by atoms with Crippen molar-refractivity contribution in [2.24, 2.45) is 4.99 Å². The van der Waals surface area contributed by atoms with Crippen LogP contribution in [0.1, 0.15) is 38.8 Å². The summed E-state index contributed by atoms with van der Waals surface area (Å²) in [4.78, 5) is 16.4. The lowest BCUT2D eigenvalue weighted by Gasteiger charge is -2.21. The Morgan fingerprint density at radius 2 is 1.96 bits per heavy atom. The first kappa shape index (κ1) is 19.5. The summed E-state index contributed by atoms with van der Waals surface area (Å²) in [6, 6.07) is 6.13. The normalized spacial score (nSPS) is 12.0. The molecule has 0 heterocycles. The highest BCUT2D eigenvalue weighted by Crippen LogP contribution is 2.16. The van der Waals surface area contributed by atoms with E-state index in [-0.39, 0.29) is 18.0 Å². The fraction of sp³-hybridized carbons (Fsp3) is 0.529. The molecule has 6 heteroatoms. The van der Waals surface area contributed by atoms with Crippen LogP contribution in [0.3, 0.4) is 0 Å². The number of nitrogens with one attached hydrogen (secondary N) is 3. The van der Waals surface area contributed by atoms with Crippen LogP contribution in [0, 0.1) is 6.92 Å². The molecule has 0 unspecified atom stereocenters. The molecule has 0 aromatic heterocycles. The average molecular weight is 383 g/mol. The number of rotatable bonds is 5. The van der Waals surface area contributed by atoms with Crippen molar-refractivity contribution in [3.8, 4) is 0 Å². The van der Waals surface area contributed by atoms with Crippen molar-refractivity contribution in [2.45, 2.75) is 46.7 Å². The molecular formula is C17H27BrN4O. The second kappa shape index (κ2) is 8.91. The smallest absolute Gasteiger partial charge is 0.239 e. The highest BCUT2D eigenvalue weighted by atomic mass is 79.9. The van der Waals surface area contributed by atoms with E-state index in [1.54, 1.807) is 0 Å². The number of aliphatic imine (C=N–C) groups is 1. The summed E-state index contributed by atoms with van der Waals surface area (Å²) in [5.41, 5.74) is 2.11. The van der Waals surface area contributed by atoms with Crippen molar-refractivity contribution < 1.29 is 4.79 Å². The fourth-order valence-corrected chi connectivity index (χ4v) is 2.44. The van der Waals surface area contributed by atoms with Crippen molar-refractivity contribution in [1.29, 1.82) is 0 Å². The van der Waals surface area contributed by atoms with Gasteiger partial charge in [-0.15, -0.1) is 0 Å². The molecule has 3 N–H and O–H groups in total. The van der Waals surface area contributed by atoms with Crippen LogP contribution >= 0.6 is 15.9 Å². The van der Waals surface area contributed by atoms with Gasteiger partial charge in [0.15, 0.2) is 5.96 Å². The molecule has 0 spiro atoms. The van der Waals surface area contributed by atoms with E-state index in [1.165, 1.54) is 5.56 Å². The lowest BCUT2D eigenvalue weighted by Crippen LogP contribution is -2.48. The SMILES string of the molecule is CCNC(=NCc1ccc(Br)cc1C)NCC(=O)NC(C)(C)C. The summed E-state index contributed by atoms with van der Waals surface area (Å²) in [5, 5.41) is 9.13. The molecule has 1 aromatic carbocycles. The Labute approximate surface area is 147 Å². The molecule has 0 atom stereocenters. The fourth-order valence-electron chi connectivity index (χ4n) is 1.97. The summed E-state index contributed by atoms with van der Waals surface area (Å²) in [6.45, 7) is 11.4. The monoisotopic (exact) mass is 382 g/mol. The number of hydrogen-bond acceptors (Lipinski definition) is 2. The molecule has 0 aliphatic carbocycles. The number of aryl methyl sites for hydroxylation is 1. The van der Waals surface area contributed by atoms with E-state index in [1.807, 2.05) is 33.8 Å². The van der Waals surface area contributed by atoms with Crippen molar-refractivity contribution in [2.75, 3.05) is 13.1 Å². The Morgan fingerprint density at radius 1 is 1.26 bits per heavy atom. The van der Waals surface area contributed by atoms with E-state index < -0.39 is 0 Å². The molecule has 0 fully saturated rings. The Bertz CT molecular complexity index is 564. The molecule has 5 nitrogen and oxygen atoms in total. The zero-order chi connectivity index (χ0) is 17.5. The number of carbonyl (C=O) groups excluding carboxylic acids is 1. The maximum Gasteiger partial charge on any atom is 0.239 e. The third-order valence-corrected chi connectivity index (χ3v) is 3.48. The van der Waals surface area contributed by atoms with Gasteiger partial charge in [0.1, 0.15) is 0 Å². The zero-order valence-corrected chi connectivity index (χ0v) is 16.2. The molecule has 1 rings (SSSR count). The van der Waals surface area contributed by atoms with E-state index in [0.717, 1.165) is 16.6 Å². The minimum absolute atomic E-state index is 0.0528. The summed E-state index contributed by atoms with van der Waals surface area (Å²) in [7, 11) is 0. The van der Waals surface area contributed by atoms with E-state index in [0.29, 0.717) is 12.5 Å². The Hall–Kier alpha value is -1.56.